The molecule has 4 aromatic rings. The molecule has 4 amide bonds. The number of imide groups is 2. The van der Waals surface area contributed by atoms with Crippen LogP contribution in [0.25, 0.3) is 6.08 Å². The van der Waals surface area contributed by atoms with Crippen LogP contribution in [-0.2, 0) is 22.8 Å². The van der Waals surface area contributed by atoms with Gasteiger partial charge in [-0.25, -0.2) is 14.1 Å². The van der Waals surface area contributed by atoms with Crippen molar-refractivity contribution in [3.8, 4) is 11.5 Å². The van der Waals surface area contributed by atoms with Crippen LogP contribution >= 0.6 is 11.6 Å². The third-order valence-corrected chi connectivity index (χ3v) is 6.29. The van der Waals surface area contributed by atoms with Crippen LogP contribution in [0.1, 0.15) is 16.7 Å². The zero-order chi connectivity index (χ0) is 28.1. The molecule has 0 saturated carbocycles. The number of nitrogens with zero attached hydrogens (tertiary/aromatic N) is 1. The smallest absolute Gasteiger partial charge is 0.335 e. The highest BCUT2D eigenvalue weighted by molar-refractivity contribution is 6.39. The quantitative estimate of drug-likeness (QED) is 0.203. The number of barbiturate groups is 1. The molecule has 1 aliphatic heterocycles. The number of amides is 4. The van der Waals surface area contributed by atoms with Gasteiger partial charge < -0.3 is 9.47 Å². The lowest BCUT2D eigenvalue weighted by atomic mass is 10.1. The monoisotopic (exact) mass is 556 g/mol. The predicted molar refractivity (Wildman–Crippen MR) is 148 cm³/mol. The lowest BCUT2D eigenvalue weighted by Gasteiger charge is -2.26. The summed E-state index contributed by atoms with van der Waals surface area (Å²) in [5, 5.41) is 2.52. The van der Waals surface area contributed by atoms with Crippen LogP contribution in [0.5, 0.6) is 11.5 Å². The van der Waals surface area contributed by atoms with Gasteiger partial charge in [-0.15, -0.1) is 0 Å². The minimum atomic E-state index is -0.882. The molecule has 1 aliphatic rings. The van der Waals surface area contributed by atoms with Gasteiger partial charge in [0, 0.05) is 16.1 Å². The van der Waals surface area contributed by atoms with Crippen LogP contribution < -0.4 is 19.7 Å². The maximum absolute atomic E-state index is 14.1. The number of urea groups is 1. The largest absolute Gasteiger partial charge is 0.489 e. The molecule has 0 radical (unpaired) electrons. The standard InChI is InChI=1S/C31H22ClFN2O5/c32-23-10-15-28(40-19-21-8-4-5-9-27(21)33)22(16-23)17-26-29(36)34-31(38)35(30(26)37)24-11-13-25(14-12-24)39-18-20-6-2-1-3-7-20/h1-17H,18-19H2,(H,34,36,38)/b26-17+. The Kier molecular flexibility index (Phi) is 7.89. The van der Waals surface area contributed by atoms with Gasteiger partial charge in [-0.2, -0.15) is 0 Å². The summed E-state index contributed by atoms with van der Waals surface area (Å²) >= 11 is 6.17. The maximum atomic E-state index is 14.1. The summed E-state index contributed by atoms with van der Waals surface area (Å²) in [5.74, 6) is -1.31. The van der Waals surface area contributed by atoms with Crippen molar-refractivity contribution in [2.75, 3.05) is 4.90 Å². The van der Waals surface area contributed by atoms with E-state index in [4.69, 9.17) is 21.1 Å². The maximum Gasteiger partial charge on any atom is 0.335 e. The third-order valence-electron chi connectivity index (χ3n) is 6.06. The number of hydrogen-bond donors (Lipinski definition) is 1. The van der Waals surface area contributed by atoms with E-state index in [0.29, 0.717) is 28.5 Å². The molecule has 4 aromatic carbocycles. The molecule has 0 aromatic heterocycles. The number of rotatable bonds is 8. The number of hydrogen-bond acceptors (Lipinski definition) is 5. The summed E-state index contributed by atoms with van der Waals surface area (Å²) < 4.78 is 25.6. The minimum absolute atomic E-state index is 0.0894. The lowest BCUT2D eigenvalue weighted by molar-refractivity contribution is -0.122. The Hall–Kier alpha value is -4.95. The first-order valence-electron chi connectivity index (χ1n) is 12.2. The van der Waals surface area contributed by atoms with Crippen LogP contribution in [-0.4, -0.2) is 17.8 Å². The zero-order valence-corrected chi connectivity index (χ0v) is 21.7. The predicted octanol–water partition coefficient (Wildman–Crippen LogP) is 6.30. The van der Waals surface area contributed by atoms with E-state index in [1.165, 1.54) is 18.2 Å². The topological polar surface area (TPSA) is 84.9 Å². The molecule has 1 saturated heterocycles. The second kappa shape index (κ2) is 11.8. The van der Waals surface area contributed by atoms with E-state index < -0.39 is 23.7 Å². The van der Waals surface area contributed by atoms with Gasteiger partial charge >= 0.3 is 6.03 Å². The van der Waals surface area contributed by atoms with E-state index >= 15 is 0 Å². The fourth-order valence-electron chi connectivity index (χ4n) is 4.01. The molecule has 0 unspecified atom stereocenters. The molecule has 0 aliphatic carbocycles. The molecule has 0 atom stereocenters. The Morgan fingerprint density at radius 1 is 0.825 bits per heavy atom. The number of anilines is 1. The van der Waals surface area contributed by atoms with Gasteiger partial charge in [0.25, 0.3) is 11.8 Å². The summed E-state index contributed by atoms with van der Waals surface area (Å²) in [6.45, 7) is 0.263. The fourth-order valence-corrected chi connectivity index (χ4v) is 4.19. The Morgan fingerprint density at radius 3 is 2.30 bits per heavy atom. The van der Waals surface area contributed by atoms with Gasteiger partial charge in [-0.05, 0) is 60.2 Å². The van der Waals surface area contributed by atoms with Crippen LogP contribution in [0, 0.1) is 5.82 Å². The Labute approximate surface area is 234 Å². The van der Waals surface area contributed by atoms with Crippen molar-refractivity contribution in [1.29, 1.82) is 0 Å². The number of ether oxygens (including phenoxy) is 2. The summed E-state index contributed by atoms with van der Waals surface area (Å²) in [5.41, 5.74) is 1.57. The normalized spacial score (nSPS) is 14.3. The number of halogens is 2. The summed E-state index contributed by atoms with van der Waals surface area (Å²) in [6, 6.07) is 25.9. The van der Waals surface area contributed by atoms with Gasteiger partial charge in [0.2, 0.25) is 0 Å². The van der Waals surface area contributed by atoms with Crippen molar-refractivity contribution < 1.29 is 28.2 Å². The molecule has 5 rings (SSSR count). The second-order valence-corrected chi connectivity index (χ2v) is 9.22. The van der Waals surface area contributed by atoms with E-state index in [-0.39, 0.29) is 23.6 Å². The highest BCUT2D eigenvalue weighted by Crippen LogP contribution is 2.29. The van der Waals surface area contributed by atoms with Crippen LogP contribution in [0.4, 0.5) is 14.9 Å². The van der Waals surface area contributed by atoms with Gasteiger partial charge in [0.05, 0.1) is 5.69 Å². The molecule has 0 spiro atoms. The van der Waals surface area contributed by atoms with Gasteiger partial charge in [0.15, 0.2) is 0 Å². The van der Waals surface area contributed by atoms with Crippen molar-refractivity contribution in [2.45, 2.75) is 13.2 Å². The van der Waals surface area contributed by atoms with Crippen LogP contribution in [0.3, 0.4) is 0 Å². The molecule has 200 valence electrons. The third kappa shape index (κ3) is 6.03. The van der Waals surface area contributed by atoms with E-state index in [2.05, 4.69) is 5.32 Å². The molecule has 1 heterocycles. The number of carbonyl (C=O) groups is 3. The van der Waals surface area contributed by atoms with Gasteiger partial charge in [-0.1, -0.05) is 60.1 Å². The summed E-state index contributed by atoms with van der Waals surface area (Å²) in [6.07, 6.45) is 1.29. The van der Waals surface area contributed by atoms with Crippen molar-refractivity contribution >= 4 is 41.2 Å². The molecular weight excluding hydrogens is 535 g/mol. The first-order valence-corrected chi connectivity index (χ1v) is 12.6. The Balaban J connectivity index is 1.37. The average molecular weight is 557 g/mol. The number of nitrogens with one attached hydrogen (secondary N) is 1. The Bertz CT molecular complexity index is 1610. The van der Waals surface area contributed by atoms with Crippen LogP contribution in [0.2, 0.25) is 5.02 Å². The zero-order valence-electron chi connectivity index (χ0n) is 21.0. The SMILES string of the molecule is O=C1NC(=O)N(c2ccc(OCc3ccccc3)cc2)C(=O)/C1=C/c1cc(Cl)ccc1OCc1ccccc1F. The molecule has 9 heteroatoms. The van der Waals surface area contributed by atoms with Crippen molar-refractivity contribution in [3.05, 3.63) is 130 Å². The molecule has 1 fully saturated rings. The molecule has 0 bridgehead atoms. The summed E-state index contributed by atoms with van der Waals surface area (Å²) in [7, 11) is 0. The van der Waals surface area contributed by atoms with Crippen molar-refractivity contribution in [1.82, 2.24) is 5.32 Å². The highest BCUT2D eigenvalue weighted by atomic mass is 35.5. The Morgan fingerprint density at radius 2 is 1.55 bits per heavy atom. The van der Waals surface area contributed by atoms with Gasteiger partial charge in [0.1, 0.15) is 36.1 Å². The fraction of sp³-hybridized carbons (Fsp3) is 0.0645. The first-order chi connectivity index (χ1) is 19.4. The molecular formula is C31H22ClFN2O5. The average Bonchev–Trinajstić information content (AvgIpc) is 2.95. The van der Waals surface area contributed by atoms with Crippen molar-refractivity contribution in [3.63, 3.8) is 0 Å². The lowest BCUT2D eigenvalue weighted by Crippen LogP contribution is -2.54. The van der Waals surface area contributed by atoms with Crippen LogP contribution in [0.15, 0.2) is 103 Å². The van der Waals surface area contributed by atoms with Crippen molar-refractivity contribution in [2.24, 2.45) is 0 Å². The molecule has 40 heavy (non-hydrogen) atoms. The van der Waals surface area contributed by atoms with E-state index in [9.17, 15) is 18.8 Å². The minimum Gasteiger partial charge on any atom is -0.489 e. The highest BCUT2D eigenvalue weighted by Gasteiger charge is 2.37. The van der Waals surface area contributed by atoms with E-state index in [1.807, 2.05) is 30.3 Å². The second-order valence-electron chi connectivity index (χ2n) is 8.79. The summed E-state index contributed by atoms with van der Waals surface area (Å²) in [4.78, 5) is 39.6. The molecule has 1 N–H and O–H groups in total. The number of carbonyl (C=O) groups excluding carboxylic acids is 3. The van der Waals surface area contributed by atoms with E-state index in [1.54, 1.807) is 54.6 Å². The van der Waals surface area contributed by atoms with Gasteiger partial charge in [-0.3, -0.25) is 14.9 Å². The first kappa shape index (κ1) is 26.6. The number of benzene rings is 4. The molecule has 7 nitrogen and oxygen atoms in total. The van der Waals surface area contributed by atoms with E-state index in [0.717, 1.165) is 10.5 Å².